The lowest BCUT2D eigenvalue weighted by Gasteiger charge is -2.11. The van der Waals surface area contributed by atoms with E-state index in [1.54, 1.807) is 41.1 Å². The number of hydrogen-bond donors (Lipinski definition) is 2. The number of fused-ring (bicyclic) bond motifs is 2. The van der Waals surface area contributed by atoms with Crippen molar-refractivity contribution in [2.24, 2.45) is 0 Å². The highest BCUT2D eigenvalue weighted by atomic mass is 35.5. The van der Waals surface area contributed by atoms with E-state index < -0.39 is 11.6 Å². The summed E-state index contributed by atoms with van der Waals surface area (Å²) >= 11 is 6.53. The molecule has 0 radical (unpaired) electrons. The summed E-state index contributed by atoms with van der Waals surface area (Å²) in [5.41, 5.74) is 3.59. The normalized spacial score (nSPS) is 11.4. The molecule has 6 rings (SSSR count). The molecule has 12 heteroatoms. The van der Waals surface area contributed by atoms with Crippen molar-refractivity contribution in [2.45, 2.75) is 6.54 Å². The molecule has 3 aromatic carbocycles. The lowest BCUT2D eigenvalue weighted by atomic mass is 10.1. The topological polar surface area (TPSA) is 121 Å². The molecular formula is C24H13ClF2N8O. The van der Waals surface area contributed by atoms with Gasteiger partial charge in [-0.1, -0.05) is 16.8 Å². The molecule has 176 valence electrons. The predicted molar refractivity (Wildman–Crippen MR) is 128 cm³/mol. The minimum absolute atomic E-state index is 0.0455. The van der Waals surface area contributed by atoms with Gasteiger partial charge in [0.05, 0.1) is 45.1 Å². The number of rotatable bonds is 4. The fraction of sp³-hybridized carbons (Fsp3) is 0.0417. The number of H-pyrrole nitrogens is 2. The van der Waals surface area contributed by atoms with Gasteiger partial charge < -0.3 is 9.97 Å². The first-order valence-electron chi connectivity index (χ1n) is 10.6. The Labute approximate surface area is 205 Å². The molecule has 0 saturated heterocycles. The van der Waals surface area contributed by atoms with Crippen LogP contribution in [0.15, 0.2) is 59.5 Å². The number of nitrogens with one attached hydrogen (secondary N) is 2. The summed E-state index contributed by atoms with van der Waals surface area (Å²) in [6.07, 6.45) is 1.54. The van der Waals surface area contributed by atoms with Crippen molar-refractivity contribution in [2.75, 3.05) is 0 Å². The number of hydrogen-bond acceptors (Lipinski definition) is 5. The number of nitrogens with zero attached hydrogens (tertiary/aromatic N) is 6. The maximum Gasteiger partial charge on any atom is 0.323 e. The lowest BCUT2D eigenvalue weighted by molar-refractivity contribution is 0.566. The summed E-state index contributed by atoms with van der Waals surface area (Å²) in [5.74, 6) is -1.51. The molecule has 6 aromatic rings. The molecule has 0 bridgehead atoms. The fourth-order valence-corrected chi connectivity index (χ4v) is 4.39. The Morgan fingerprint density at radius 3 is 2.69 bits per heavy atom. The molecular weight excluding hydrogens is 490 g/mol. The number of imidazole rings is 1. The Bertz CT molecular complexity index is 1910. The van der Waals surface area contributed by atoms with Gasteiger partial charge in [-0.3, -0.25) is 4.68 Å². The largest absolute Gasteiger partial charge is 0.323 e. The first kappa shape index (κ1) is 21.7. The van der Waals surface area contributed by atoms with Crippen molar-refractivity contribution in [3.8, 4) is 23.0 Å². The minimum atomic E-state index is -0.803. The van der Waals surface area contributed by atoms with E-state index in [4.69, 9.17) is 16.9 Å². The van der Waals surface area contributed by atoms with Gasteiger partial charge in [-0.05, 0) is 48.5 Å². The summed E-state index contributed by atoms with van der Waals surface area (Å²) in [7, 11) is 0. The van der Waals surface area contributed by atoms with Crippen LogP contribution in [0.25, 0.3) is 39.0 Å². The quantitative estimate of drug-likeness (QED) is 0.372. The monoisotopic (exact) mass is 502 g/mol. The molecule has 0 amide bonds. The second kappa shape index (κ2) is 8.14. The van der Waals surface area contributed by atoms with E-state index >= 15 is 0 Å². The molecule has 2 N–H and O–H groups in total. The molecule has 0 saturated carbocycles. The van der Waals surface area contributed by atoms with Crippen LogP contribution in [0.3, 0.4) is 0 Å². The van der Waals surface area contributed by atoms with E-state index in [2.05, 4.69) is 25.4 Å². The van der Waals surface area contributed by atoms with Gasteiger partial charge in [0.2, 0.25) is 0 Å². The summed E-state index contributed by atoms with van der Waals surface area (Å²) < 4.78 is 31.7. The summed E-state index contributed by atoms with van der Waals surface area (Å²) in [6.45, 7) is -0.0680. The van der Waals surface area contributed by atoms with E-state index in [1.165, 1.54) is 10.9 Å². The third-order valence-electron chi connectivity index (χ3n) is 5.84. The zero-order valence-corrected chi connectivity index (χ0v) is 18.9. The van der Waals surface area contributed by atoms with Crippen LogP contribution in [0.2, 0.25) is 5.02 Å². The molecule has 0 aliphatic heterocycles. The number of aromatic amines is 2. The van der Waals surface area contributed by atoms with Crippen LogP contribution in [-0.4, -0.2) is 34.7 Å². The molecule has 0 spiro atoms. The van der Waals surface area contributed by atoms with Crippen LogP contribution in [0, 0.1) is 23.0 Å². The van der Waals surface area contributed by atoms with Crippen LogP contribution in [0.4, 0.5) is 8.78 Å². The van der Waals surface area contributed by atoms with Crippen LogP contribution in [0.1, 0.15) is 11.1 Å². The third-order valence-corrected chi connectivity index (χ3v) is 6.13. The summed E-state index contributed by atoms with van der Waals surface area (Å²) in [4.78, 5) is 17.0. The van der Waals surface area contributed by atoms with Gasteiger partial charge in [-0.25, -0.2) is 18.3 Å². The number of halogens is 3. The Balaban J connectivity index is 1.44. The Morgan fingerprint density at radius 2 is 1.86 bits per heavy atom. The van der Waals surface area contributed by atoms with Gasteiger partial charge >= 0.3 is 5.69 Å². The first-order chi connectivity index (χ1) is 17.4. The summed E-state index contributed by atoms with van der Waals surface area (Å²) in [5, 5.41) is 21.9. The number of nitriles is 1. The Hall–Kier alpha value is -4.82. The zero-order chi connectivity index (χ0) is 25.0. The zero-order valence-electron chi connectivity index (χ0n) is 18.1. The smallest absolute Gasteiger partial charge is 0.306 e. The van der Waals surface area contributed by atoms with E-state index in [1.807, 2.05) is 6.07 Å². The van der Waals surface area contributed by atoms with E-state index in [-0.39, 0.29) is 23.4 Å². The highest BCUT2D eigenvalue weighted by Crippen LogP contribution is 2.31. The van der Waals surface area contributed by atoms with Crippen LogP contribution in [-0.2, 0) is 6.54 Å². The number of benzene rings is 3. The van der Waals surface area contributed by atoms with E-state index in [0.717, 1.165) is 12.1 Å². The van der Waals surface area contributed by atoms with Crippen molar-refractivity contribution in [1.29, 1.82) is 5.26 Å². The van der Waals surface area contributed by atoms with Crippen LogP contribution < -0.4 is 5.69 Å². The average Bonchev–Trinajstić information content (AvgIpc) is 3.58. The average molecular weight is 503 g/mol. The van der Waals surface area contributed by atoms with Gasteiger partial charge in [0.15, 0.2) is 0 Å². The lowest BCUT2D eigenvalue weighted by Crippen LogP contribution is -2.07. The molecule has 0 unspecified atom stereocenters. The highest BCUT2D eigenvalue weighted by Gasteiger charge is 2.17. The van der Waals surface area contributed by atoms with E-state index in [0.29, 0.717) is 44.0 Å². The second-order valence-electron chi connectivity index (χ2n) is 8.05. The molecule has 9 nitrogen and oxygen atoms in total. The molecule has 0 aliphatic rings. The van der Waals surface area contributed by atoms with Gasteiger partial charge in [-0.15, -0.1) is 5.10 Å². The molecule has 3 aromatic heterocycles. The molecule has 0 atom stereocenters. The second-order valence-corrected chi connectivity index (χ2v) is 8.45. The standard InChI is InChI=1S/C24H13ClF2N8O/c25-16-5-12(21-3-4-29-34(21)11-14-7-17(26)13(10-28)6-18(14)27)8-22-23(16)32-33-35(22)15-1-2-19-20(9-15)31-24(36)30-19/h1-9H,11H2,(H2,30,31,36). The SMILES string of the molecule is N#Cc1cc(F)c(Cn2nccc2-c2cc(Cl)c3nnn(-c4ccc5[nH]c(=O)[nH]c5c4)c3c2)cc1F. The van der Waals surface area contributed by atoms with Gasteiger partial charge in [0.1, 0.15) is 23.2 Å². The van der Waals surface area contributed by atoms with Gasteiger partial charge in [-0.2, -0.15) is 10.4 Å². The predicted octanol–water partition coefficient (Wildman–Crippen LogP) is 4.31. The van der Waals surface area contributed by atoms with Crippen LogP contribution >= 0.6 is 11.6 Å². The van der Waals surface area contributed by atoms with E-state index in [9.17, 15) is 13.6 Å². The fourth-order valence-electron chi connectivity index (χ4n) is 4.13. The van der Waals surface area contributed by atoms with Gasteiger partial charge in [0, 0.05) is 17.3 Å². The number of aromatic nitrogens is 7. The van der Waals surface area contributed by atoms with Crippen molar-refractivity contribution in [3.63, 3.8) is 0 Å². The highest BCUT2D eigenvalue weighted by molar-refractivity contribution is 6.35. The first-order valence-corrected chi connectivity index (χ1v) is 11.0. The summed E-state index contributed by atoms with van der Waals surface area (Å²) in [6, 6.07) is 14.0. The molecule has 0 fully saturated rings. The molecule has 3 heterocycles. The minimum Gasteiger partial charge on any atom is -0.306 e. The third kappa shape index (κ3) is 3.52. The van der Waals surface area contributed by atoms with Crippen molar-refractivity contribution in [1.82, 2.24) is 34.7 Å². The van der Waals surface area contributed by atoms with Crippen molar-refractivity contribution < 1.29 is 8.78 Å². The maximum atomic E-state index is 14.5. The molecule has 36 heavy (non-hydrogen) atoms. The van der Waals surface area contributed by atoms with Crippen LogP contribution in [0.5, 0.6) is 0 Å². The Morgan fingerprint density at radius 1 is 1.03 bits per heavy atom. The Kier molecular flexibility index (Phi) is 4.91. The van der Waals surface area contributed by atoms with Crippen molar-refractivity contribution >= 4 is 33.7 Å². The maximum absolute atomic E-state index is 14.5. The molecule has 0 aliphatic carbocycles. The van der Waals surface area contributed by atoms with Gasteiger partial charge in [0.25, 0.3) is 0 Å². The van der Waals surface area contributed by atoms with Crippen molar-refractivity contribution in [3.05, 3.63) is 93.0 Å².